The van der Waals surface area contributed by atoms with Gasteiger partial charge < -0.3 is 9.42 Å². The largest absolute Gasteiger partial charge is 0.421 e. The molecule has 0 bridgehead atoms. The first-order valence-corrected chi connectivity index (χ1v) is 9.84. The molecule has 24 heavy (non-hydrogen) atoms. The Kier molecular flexibility index (Phi) is 3.94. The highest BCUT2D eigenvalue weighted by Gasteiger charge is 2.36. The first-order chi connectivity index (χ1) is 11.0. The third-order valence-corrected chi connectivity index (χ3v) is 5.88. The number of hydrogen-bond donors (Lipinski definition) is 1. The first-order valence-electron chi connectivity index (χ1n) is 8.27. The molecule has 0 radical (unpaired) electrons. The molecule has 0 amide bonds. The van der Waals surface area contributed by atoms with Crippen molar-refractivity contribution in [1.29, 1.82) is 0 Å². The van der Waals surface area contributed by atoms with Crippen LogP contribution < -0.4 is 9.83 Å². The van der Waals surface area contributed by atoms with Gasteiger partial charge in [0.05, 0.1) is 5.30 Å². The van der Waals surface area contributed by atoms with Crippen LogP contribution in [0.25, 0.3) is 11.1 Å². The lowest BCUT2D eigenvalue weighted by molar-refractivity contribution is 0.284. The highest BCUT2D eigenvalue weighted by Crippen LogP contribution is 2.52. The van der Waals surface area contributed by atoms with E-state index in [0.717, 1.165) is 23.1 Å². The molecular formula is C20H25O3P. The maximum absolute atomic E-state index is 12.7. The lowest BCUT2D eigenvalue weighted by atomic mass is 9.72. The Balaban J connectivity index is 2.13. The van der Waals surface area contributed by atoms with Gasteiger partial charge in [0.2, 0.25) is 0 Å². The van der Waals surface area contributed by atoms with Gasteiger partial charge >= 0.3 is 7.60 Å². The summed E-state index contributed by atoms with van der Waals surface area (Å²) in [5.74, 6) is 0.470. The fourth-order valence-electron chi connectivity index (χ4n) is 3.79. The predicted molar refractivity (Wildman–Crippen MR) is 99.1 cm³/mol. The SMILES string of the molecule is CC(C)(C)CC(C)(C)c1ccc2c(c1)P(=O)(O)Oc1ccccc1-2. The molecule has 1 unspecified atom stereocenters. The van der Waals surface area contributed by atoms with Crippen LogP contribution in [0.3, 0.4) is 0 Å². The molecule has 0 spiro atoms. The molecule has 0 saturated carbocycles. The molecule has 0 fully saturated rings. The van der Waals surface area contributed by atoms with E-state index in [9.17, 15) is 9.46 Å². The maximum Gasteiger partial charge on any atom is 0.408 e. The molecule has 2 aromatic rings. The first kappa shape index (κ1) is 17.3. The highest BCUT2D eigenvalue weighted by atomic mass is 31.2. The maximum atomic E-state index is 12.7. The fourth-order valence-corrected chi connectivity index (χ4v) is 5.12. The van der Waals surface area contributed by atoms with Crippen molar-refractivity contribution in [3.05, 3.63) is 48.0 Å². The second-order valence-electron chi connectivity index (χ2n) is 8.46. The minimum Gasteiger partial charge on any atom is -0.421 e. The summed E-state index contributed by atoms with van der Waals surface area (Å²) in [5.41, 5.74) is 2.80. The molecule has 1 atom stereocenters. The topological polar surface area (TPSA) is 46.5 Å². The van der Waals surface area contributed by atoms with Crippen LogP contribution in [0.1, 0.15) is 46.6 Å². The highest BCUT2D eigenvalue weighted by molar-refractivity contribution is 7.62. The van der Waals surface area contributed by atoms with Gasteiger partial charge in [0.1, 0.15) is 5.75 Å². The molecule has 0 aliphatic carbocycles. The van der Waals surface area contributed by atoms with Crippen LogP contribution in [0.2, 0.25) is 0 Å². The van der Waals surface area contributed by atoms with Crippen molar-refractivity contribution in [3.8, 4) is 16.9 Å². The zero-order valence-corrected chi connectivity index (χ0v) is 15.9. The van der Waals surface area contributed by atoms with Gasteiger partial charge in [-0.3, -0.25) is 0 Å². The molecule has 0 aromatic heterocycles. The van der Waals surface area contributed by atoms with Gasteiger partial charge in [-0.25, -0.2) is 4.57 Å². The van der Waals surface area contributed by atoms with E-state index in [4.69, 9.17) is 4.52 Å². The molecule has 1 aliphatic rings. The van der Waals surface area contributed by atoms with Crippen LogP contribution in [0, 0.1) is 5.41 Å². The summed E-state index contributed by atoms with van der Waals surface area (Å²) in [5, 5.41) is 0.403. The number of rotatable bonds is 2. The summed E-state index contributed by atoms with van der Waals surface area (Å²) in [7, 11) is -3.86. The summed E-state index contributed by atoms with van der Waals surface area (Å²) in [6, 6.07) is 13.3. The number of para-hydroxylation sites is 1. The molecule has 128 valence electrons. The zero-order valence-electron chi connectivity index (χ0n) is 15.0. The van der Waals surface area contributed by atoms with E-state index in [1.54, 1.807) is 6.07 Å². The average Bonchev–Trinajstić information content (AvgIpc) is 2.44. The average molecular weight is 344 g/mol. The molecule has 1 heterocycles. The van der Waals surface area contributed by atoms with E-state index in [1.807, 2.05) is 30.3 Å². The van der Waals surface area contributed by atoms with Crippen molar-refractivity contribution in [2.24, 2.45) is 5.41 Å². The van der Waals surface area contributed by atoms with Gasteiger partial charge in [-0.1, -0.05) is 65.0 Å². The summed E-state index contributed by atoms with van der Waals surface area (Å²) in [4.78, 5) is 10.4. The Morgan fingerprint density at radius 3 is 2.33 bits per heavy atom. The van der Waals surface area contributed by atoms with Crippen LogP contribution in [0.15, 0.2) is 42.5 Å². The molecule has 1 N–H and O–H groups in total. The Labute approximate surface area is 144 Å². The van der Waals surface area contributed by atoms with Gasteiger partial charge in [0.25, 0.3) is 0 Å². The van der Waals surface area contributed by atoms with E-state index >= 15 is 0 Å². The monoisotopic (exact) mass is 344 g/mol. The van der Waals surface area contributed by atoms with Crippen molar-refractivity contribution in [2.75, 3.05) is 0 Å². The molecule has 2 aromatic carbocycles. The zero-order chi connectivity index (χ0) is 17.8. The van der Waals surface area contributed by atoms with Crippen LogP contribution >= 0.6 is 7.60 Å². The second-order valence-corrected chi connectivity index (χ2v) is 10.2. The fraction of sp³-hybridized carbons (Fsp3) is 0.400. The lowest BCUT2D eigenvalue weighted by Gasteiger charge is -2.34. The van der Waals surface area contributed by atoms with Crippen molar-refractivity contribution >= 4 is 12.9 Å². The van der Waals surface area contributed by atoms with Crippen molar-refractivity contribution in [2.45, 2.75) is 46.5 Å². The van der Waals surface area contributed by atoms with Crippen LogP contribution in [-0.2, 0) is 9.98 Å². The van der Waals surface area contributed by atoms with Crippen LogP contribution in [-0.4, -0.2) is 4.89 Å². The van der Waals surface area contributed by atoms with Gasteiger partial charge in [0, 0.05) is 11.1 Å². The number of benzene rings is 2. The van der Waals surface area contributed by atoms with Crippen molar-refractivity contribution in [1.82, 2.24) is 0 Å². The van der Waals surface area contributed by atoms with E-state index < -0.39 is 7.60 Å². The van der Waals surface area contributed by atoms with E-state index in [1.165, 1.54) is 0 Å². The molecule has 1 aliphatic heterocycles. The Hall–Kier alpha value is -1.57. The van der Waals surface area contributed by atoms with Gasteiger partial charge in [-0.2, -0.15) is 0 Å². The predicted octanol–water partition coefficient (Wildman–Crippen LogP) is 5.27. The molecule has 3 nitrogen and oxygen atoms in total. The minimum atomic E-state index is -3.86. The molecule has 3 rings (SSSR count). The number of hydrogen-bond acceptors (Lipinski definition) is 2. The Morgan fingerprint density at radius 2 is 1.67 bits per heavy atom. The Morgan fingerprint density at radius 1 is 1.00 bits per heavy atom. The van der Waals surface area contributed by atoms with Crippen LogP contribution in [0.4, 0.5) is 0 Å². The standard InChI is InChI=1S/C20H25O3P/c1-19(2,3)13-20(4,5)14-10-11-16-15-8-6-7-9-17(15)23-24(21,22)18(16)12-14/h6-12H,13H2,1-5H3,(H,21,22). The summed E-state index contributed by atoms with van der Waals surface area (Å²) in [6.45, 7) is 11.0. The van der Waals surface area contributed by atoms with Gasteiger partial charge in [0.15, 0.2) is 0 Å². The van der Waals surface area contributed by atoms with E-state index in [2.05, 4.69) is 40.7 Å². The quantitative estimate of drug-likeness (QED) is 0.755. The minimum absolute atomic E-state index is 0.0930. The molecule has 0 saturated heterocycles. The summed E-state index contributed by atoms with van der Waals surface area (Å²) in [6.07, 6.45) is 0.978. The van der Waals surface area contributed by atoms with E-state index in [0.29, 0.717) is 11.1 Å². The second kappa shape index (κ2) is 5.47. The summed E-state index contributed by atoms with van der Waals surface area (Å²) >= 11 is 0. The molecular weight excluding hydrogens is 319 g/mol. The van der Waals surface area contributed by atoms with Gasteiger partial charge in [-0.15, -0.1) is 0 Å². The Bertz CT molecular complexity index is 831. The van der Waals surface area contributed by atoms with Crippen LogP contribution in [0.5, 0.6) is 5.75 Å². The molecule has 4 heteroatoms. The van der Waals surface area contributed by atoms with Crippen molar-refractivity contribution in [3.63, 3.8) is 0 Å². The van der Waals surface area contributed by atoms with Gasteiger partial charge in [-0.05, 0) is 34.9 Å². The number of fused-ring (bicyclic) bond motifs is 3. The lowest BCUT2D eigenvalue weighted by Crippen LogP contribution is -2.27. The third kappa shape index (κ3) is 3.16. The van der Waals surface area contributed by atoms with Crippen molar-refractivity contribution < 1.29 is 14.0 Å². The normalized spacial score (nSPS) is 20.1. The smallest absolute Gasteiger partial charge is 0.408 e. The van der Waals surface area contributed by atoms with E-state index in [-0.39, 0.29) is 10.8 Å². The summed E-state index contributed by atoms with van der Waals surface area (Å²) < 4.78 is 18.1. The third-order valence-electron chi connectivity index (χ3n) is 4.46.